The predicted octanol–water partition coefficient (Wildman–Crippen LogP) is 9.96. The lowest BCUT2D eigenvalue weighted by Gasteiger charge is -2.19. The standard InChI is InChI=1S/C43H42ClF3N4O5/c1-6-49-22-32-19-38(44)41(20-40(32)55-24-29-17-33(48-5)23-50-21-29)56-25-31-9-7-11-35(26(31)2)36-12-8-10-34(27(36)3)30-13-14-39(37(18-30)43(45,46)47)54-16-15-51-28(4)42(52)53/h7-14,17-21,23,28,49,51H,6,15-16,22,24-25H2,1-4H3,(H,52,53)/t28-/m0/s1. The summed E-state index contributed by atoms with van der Waals surface area (Å²) in [6.07, 6.45) is -1.54. The summed E-state index contributed by atoms with van der Waals surface area (Å²) in [5.74, 6) is -0.400. The van der Waals surface area contributed by atoms with Crippen LogP contribution in [0, 0.1) is 20.4 Å². The number of aromatic nitrogens is 1. The maximum Gasteiger partial charge on any atom is 0.419 e. The number of nitrogens with one attached hydrogen (secondary N) is 2. The number of rotatable bonds is 17. The predicted molar refractivity (Wildman–Crippen MR) is 210 cm³/mol. The molecule has 13 heteroatoms. The average molecular weight is 787 g/mol. The molecule has 0 radical (unpaired) electrons. The minimum atomic E-state index is -4.69. The van der Waals surface area contributed by atoms with E-state index < -0.39 is 23.8 Å². The summed E-state index contributed by atoms with van der Waals surface area (Å²) in [6, 6.07) is 19.8. The van der Waals surface area contributed by atoms with Crippen molar-refractivity contribution >= 4 is 23.3 Å². The zero-order valence-electron chi connectivity index (χ0n) is 31.4. The summed E-state index contributed by atoms with van der Waals surface area (Å²) in [4.78, 5) is 18.6. The number of benzene rings is 4. The van der Waals surface area contributed by atoms with Crippen molar-refractivity contribution in [3.8, 4) is 39.5 Å². The van der Waals surface area contributed by atoms with Gasteiger partial charge >= 0.3 is 12.1 Å². The van der Waals surface area contributed by atoms with Crippen molar-refractivity contribution in [1.82, 2.24) is 15.6 Å². The molecule has 56 heavy (non-hydrogen) atoms. The summed E-state index contributed by atoms with van der Waals surface area (Å²) in [7, 11) is 0. The minimum absolute atomic E-state index is 0.0574. The SMILES string of the molecule is [C-]#[N+]c1cncc(COc2cc(OCc3cccc(-c4cccc(-c5ccc(OCCN[C@@H](C)C(=O)O)c(C(F)(F)F)c5)c4C)c3C)c(Cl)cc2CNCC)c1. The van der Waals surface area contributed by atoms with Gasteiger partial charge in [-0.3, -0.25) is 9.78 Å². The van der Waals surface area contributed by atoms with E-state index in [1.54, 1.807) is 30.5 Å². The fourth-order valence-corrected chi connectivity index (χ4v) is 6.33. The summed E-state index contributed by atoms with van der Waals surface area (Å²) >= 11 is 6.72. The van der Waals surface area contributed by atoms with Gasteiger partial charge in [0.15, 0.2) is 0 Å². The van der Waals surface area contributed by atoms with E-state index >= 15 is 0 Å². The van der Waals surface area contributed by atoms with Gasteiger partial charge < -0.3 is 30.0 Å². The largest absolute Gasteiger partial charge is 0.492 e. The number of nitrogens with zero attached hydrogens (tertiary/aromatic N) is 2. The van der Waals surface area contributed by atoms with Crippen LogP contribution in [0.3, 0.4) is 0 Å². The van der Waals surface area contributed by atoms with Gasteiger partial charge in [-0.15, -0.1) is 0 Å². The number of carboxylic acids is 1. The van der Waals surface area contributed by atoms with Crippen LogP contribution in [0.4, 0.5) is 18.9 Å². The monoisotopic (exact) mass is 786 g/mol. The highest BCUT2D eigenvalue weighted by atomic mass is 35.5. The van der Waals surface area contributed by atoms with Gasteiger partial charge in [0, 0.05) is 37.1 Å². The van der Waals surface area contributed by atoms with E-state index in [9.17, 15) is 18.0 Å². The lowest BCUT2D eigenvalue weighted by atomic mass is 9.89. The molecular weight excluding hydrogens is 745 g/mol. The fraction of sp³-hybridized carbons (Fsp3) is 0.279. The Bertz CT molecular complexity index is 2220. The molecule has 0 aliphatic carbocycles. The number of pyridine rings is 1. The summed E-state index contributed by atoms with van der Waals surface area (Å²) < 4.78 is 60.7. The van der Waals surface area contributed by atoms with Crippen LogP contribution in [0.1, 0.15) is 47.2 Å². The fourth-order valence-electron chi connectivity index (χ4n) is 6.09. The van der Waals surface area contributed by atoms with Gasteiger partial charge in [0.25, 0.3) is 0 Å². The molecule has 5 aromatic rings. The molecule has 4 aromatic carbocycles. The molecule has 0 amide bonds. The second-order valence-corrected chi connectivity index (χ2v) is 13.5. The van der Waals surface area contributed by atoms with Crippen molar-refractivity contribution < 1.29 is 37.3 Å². The van der Waals surface area contributed by atoms with E-state index in [1.807, 2.05) is 57.2 Å². The molecule has 1 aromatic heterocycles. The van der Waals surface area contributed by atoms with E-state index in [1.165, 1.54) is 19.2 Å². The van der Waals surface area contributed by atoms with E-state index in [2.05, 4.69) is 20.5 Å². The zero-order chi connectivity index (χ0) is 40.4. The topological polar surface area (TPSA) is 106 Å². The first-order chi connectivity index (χ1) is 26.8. The van der Waals surface area contributed by atoms with Crippen molar-refractivity contribution in [3.63, 3.8) is 0 Å². The van der Waals surface area contributed by atoms with Crippen LogP contribution in [0.15, 0.2) is 85.2 Å². The first-order valence-electron chi connectivity index (χ1n) is 17.9. The Morgan fingerprint density at radius 1 is 0.893 bits per heavy atom. The summed E-state index contributed by atoms with van der Waals surface area (Å²) in [6.45, 7) is 16.1. The summed E-state index contributed by atoms with van der Waals surface area (Å²) in [5, 5.41) is 15.4. The van der Waals surface area contributed by atoms with Crippen molar-refractivity contribution in [3.05, 3.63) is 135 Å². The number of halogens is 4. The highest BCUT2D eigenvalue weighted by molar-refractivity contribution is 6.32. The van der Waals surface area contributed by atoms with Gasteiger partial charge in [-0.25, -0.2) is 4.85 Å². The average Bonchev–Trinajstić information content (AvgIpc) is 3.18. The number of hydrogen-bond acceptors (Lipinski definition) is 7. The summed E-state index contributed by atoms with van der Waals surface area (Å²) in [5.41, 5.74) is 6.46. The first kappa shape index (κ1) is 41.6. The van der Waals surface area contributed by atoms with Gasteiger partial charge in [-0.2, -0.15) is 13.2 Å². The van der Waals surface area contributed by atoms with Crippen LogP contribution in [-0.4, -0.2) is 41.8 Å². The Kier molecular flexibility index (Phi) is 14.0. The minimum Gasteiger partial charge on any atom is -0.492 e. The normalized spacial score (nSPS) is 11.8. The van der Waals surface area contributed by atoms with Crippen molar-refractivity contribution in [2.45, 2.75) is 59.7 Å². The molecule has 0 spiro atoms. The molecule has 0 aliphatic rings. The van der Waals surface area contributed by atoms with Gasteiger partial charge in [0.2, 0.25) is 5.69 Å². The van der Waals surface area contributed by atoms with Gasteiger partial charge in [0.05, 0.1) is 17.2 Å². The van der Waals surface area contributed by atoms with Crippen molar-refractivity contribution in [1.29, 1.82) is 0 Å². The third kappa shape index (κ3) is 10.4. The highest BCUT2D eigenvalue weighted by Crippen LogP contribution is 2.41. The Balaban J connectivity index is 1.37. The molecule has 0 aliphatic heterocycles. The molecule has 0 saturated heterocycles. The van der Waals surface area contributed by atoms with E-state index in [0.717, 1.165) is 51.6 Å². The molecule has 0 bridgehead atoms. The zero-order valence-corrected chi connectivity index (χ0v) is 32.1. The van der Waals surface area contributed by atoms with E-state index in [0.29, 0.717) is 39.9 Å². The van der Waals surface area contributed by atoms with Crippen LogP contribution in [0.2, 0.25) is 5.02 Å². The molecule has 0 unspecified atom stereocenters. The van der Waals surface area contributed by atoms with Gasteiger partial charge in [0.1, 0.15) is 43.1 Å². The Labute approximate surface area is 329 Å². The number of aliphatic carboxylic acids is 1. The smallest absolute Gasteiger partial charge is 0.419 e. The number of carboxylic acid groups (broad SMARTS) is 1. The molecule has 5 rings (SSSR count). The van der Waals surface area contributed by atoms with Crippen molar-refractivity contribution in [2.75, 3.05) is 19.7 Å². The third-order valence-electron chi connectivity index (χ3n) is 9.21. The second-order valence-electron chi connectivity index (χ2n) is 13.1. The first-order valence-corrected chi connectivity index (χ1v) is 18.3. The second kappa shape index (κ2) is 18.8. The highest BCUT2D eigenvalue weighted by Gasteiger charge is 2.35. The molecule has 292 valence electrons. The number of carbonyl (C=O) groups is 1. The maximum atomic E-state index is 14.3. The van der Waals surface area contributed by atoms with Gasteiger partial charge in [-0.1, -0.05) is 61.0 Å². The molecular formula is C43H42ClF3N4O5. The van der Waals surface area contributed by atoms with Crippen LogP contribution in [-0.2, 0) is 30.7 Å². The lowest BCUT2D eigenvalue weighted by Crippen LogP contribution is -2.36. The van der Waals surface area contributed by atoms with Crippen molar-refractivity contribution in [2.24, 2.45) is 0 Å². The Morgan fingerprint density at radius 2 is 1.61 bits per heavy atom. The maximum absolute atomic E-state index is 14.3. The number of ether oxygens (including phenoxy) is 3. The van der Waals surface area contributed by atoms with Crippen LogP contribution in [0.25, 0.3) is 27.1 Å². The molecule has 0 saturated carbocycles. The number of alkyl halides is 3. The molecule has 0 fully saturated rings. The molecule has 3 N–H and O–H groups in total. The number of hydrogen-bond donors (Lipinski definition) is 3. The lowest BCUT2D eigenvalue weighted by molar-refractivity contribution is -0.139. The van der Waals surface area contributed by atoms with Crippen LogP contribution < -0.4 is 24.8 Å². The molecule has 1 heterocycles. The third-order valence-corrected chi connectivity index (χ3v) is 9.51. The van der Waals surface area contributed by atoms with Crippen LogP contribution >= 0.6 is 11.6 Å². The van der Waals surface area contributed by atoms with Gasteiger partial charge in [-0.05, 0) is 96.1 Å². The molecule has 9 nitrogen and oxygen atoms in total. The Morgan fingerprint density at radius 3 is 2.32 bits per heavy atom. The van der Waals surface area contributed by atoms with E-state index in [-0.39, 0.29) is 32.1 Å². The quantitative estimate of drug-likeness (QED) is 0.0632. The Hall–Kier alpha value is -5.61. The van der Waals surface area contributed by atoms with E-state index in [4.69, 9.17) is 37.5 Å². The molecule has 1 atom stereocenters. The van der Waals surface area contributed by atoms with Crippen LogP contribution in [0.5, 0.6) is 17.2 Å².